The van der Waals surface area contributed by atoms with Gasteiger partial charge in [0.15, 0.2) is 0 Å². The van der Waals surface area contributed by atoms with Crippen LogP contribution in [0.4, 0.5) is 11.4 Å². The second-order valence-electron chi connectivity index (χ2n) is 6.23. The third-order valence-corrected chi connectivity index (χ3v) is 4.50. The summed E-state index contributed by atoms with van der Waals surface area (Å²) in [5.74, 6) is 0.425. The molecule has 7 nitrogen and oxygen atoms in total. The van der Waals surface area contributed by atoms with Crippen LogP contribution in [0.15, 0.2) is 36.4 Å². The number of rotatable bonds is 5. The highest BCUT2D eigenvalue weighted by Gasteiger charge is 2.23. The molecule has 0 atom stereocenters. The summed E-state index contributed by atoms with van der Waals surface area (Å²) in [7, 11) is 3.02. The molecule has 1 aliphatic heterocycles. The van der Waals surface area contributed by atoms with Crippen LogP contribution in [-0.4, -0.2) is 37.7 Å². The van der Waals surface area contributed by atoms with E-state index in [1.165, 1.54) is 19.2 Å². The molecule has 1 fully saturated rings. The minimum atomic E-state index is -0.462. The highest BCUT2D eigenvalue weighted by atomic mass is 16.5. The van der Waals surface area contributed by atoms with Gasteiger partial charge in [-0.05, 0) is 43.2 Å². The molecule has 2 N–H and O–H groups in total. The summed E-state index contributed by atoms with van der Waals surface area (Å²) in [6.07, 6.45) is 2.30. The van der Waals surface area contributed by atoms with Crippen LogP contribution in [0, 0.1) is 0 Å². The van der Waals surface area contributed by atoms with E-state index in [2.05, 4.69) is 5.32 Å². The van der Waals surface area contributed by atoms with Gasteiger partial charge in [0, 0.05) is 24.7 Å². The van der Waals surface area contributed by atoms with Gasteiger partial charge in [-0.15, -0.1) is 0 Å². The Balaban J connectivity index is 1.86. The minimum absolute atomic E-state index is 0.0378. The van der Waals surface area contributed by atoms with Crippen molar-refractivity contribution in [3.05, 3.63) is 42.0 Å². The van der Waals surface area contributed by atoms with E-state index >= 15 is 0 Å². The number of aromatic hydroxyl groups is 1. The van der Waals surface area contributed by atoms with E-state index in [9.17, 15) is 14.7 Å². The second-order valence-corrected chi connectivity index (χ2v) is 6.23. The number of anilines is 2. The van der Waals surface area contributed by atoms with E-state index in [1.54, 1.807) is 36.3 Å². The van der Waals surface area contributed by atoms with E-state index < -0.39 is 5.91 Å². The summed E-state index contributed by atoms with van der Waals surface area (Å²) in [5, 5.41) is 12.8. The highest BCUT2D eigenvalue weighted by molar-refractivity contribution is 6.07. The number of carbonyl (C=O) groups is 2. The van der Waals surface area contributed by atoms with Gasteiger partial charge in [0.1, 0.15) is 17.2 Å². The molecule has 1 heterocycles. The number of piperidine rings is 1. The standard InChI is InChI=1S/C20H22N2O5/c1-26-14-7-8-15(17(23)12-14)20(25)21-13-6-9-18(27-2)16(11-13)22-10-4-3-5-19(22)24/h6-9,11-12,23H,3-5,10H2,1-2H3,(H,21,25). The van der Waals surface area contributed by atoms with E-state index in [4.69, 9.17) is 9.47 Å². The fraction of sp³-hybridized carbons (Fsp3) is 0.300. The number of hydrogen-bond donors (Lipinski definition) is 2. The van der Waals surface area contributed by atoms with Gasteiger partial charge in [0.2, 0.25) is 5.91 Å². The van der Waals surface area contributed by atoms with Crippen LogP contribution in [0.2, 0.25) is 0 Å². The first kappa shape index (κ1) is 18.6. The van der Waals surface area contributed by atoms with E-state index in [0.29, 0.717) is 35.8 Å². The zero-order valence-corrected chi connectivity index (χ0v) is 15.3. The van der Waals surface area contributed by atoms with Crippen molar-refractivity contribution in [2.45, 2.75) is 19.3 Å². The van der Waals surface area contributed by atoms with Crippen LogP contribution < -0.4 is 19.7 Å². The van der Waals surface area contributed by atoms with Gasteiger partial charge in [-0.3, -0.25) is 9.59 Å². The highest BCUT2D eigenvalue weighted by Crippen LogP contribution is 2.34. The molecule has 1 aliphatic rings. The lowest BCUT2D eigenvalue weighted by molar-refractivity contribution is -0.119. The second kappa shape index (κ2) is 7.99. The van der Waals surface area contributed by atoms with Gasteiger partial charge in [-0.1, -0.05) is 0 Å². The van der Waals surface area contributed by atoms with Crippen molar-refractivity contribution >= 4 is 23.2 Å². The van der Waals surface area contributed by atoms with Gasteiger partial charge in [-0.25, -0.2) is 0 Å². The summed E-state index contributed by atoms with van der Waals surface area (Å²) >= 11 is 0. The largest absolute Gasteiger partial charge is 0.507 e. The lowest BCUT2D eigenvalue weighted by Gasteiger charge is -2.28. The maximum absolute atomic E-state index is 12.5. The summed E-state index contributed by atoms with van der Waals surface area (Å²) in [6, 6.07) is 9.57. The molecule has 1 saturated heterocycles. The first-order chi connectivity index (χ1) is 13.0. The number of ether oxygens (including phenoxy) is 2. The molecule has 0 aromatic heterocycles. The maximum Gasteiger partial charge on any atom is 0.259 e. The van der Waals surface area contributed by atoms with Crippen LogP contribution in [-0.2, 0) is 4.79 Å². The Bertz CT molecular complexity index is 865. The molecular weight excluding hydrogens is 348 g/mol. The number of amides is 2. The number of carbonyl (C=O) groups excluding carboxylic acids is 2. The molecule has 0 aliphatic carbocycles. The van der Waals surface area contributed by atoms with Gasteiger partial charge in [-0.2, -0.15) is 0 Å². The number of hydrogen-bond acceptors (Lipinski definition) is 5. The lowest BCUT2D eigenvalue weighted by Crippen LogP contribution is -2.35. The minimum Gasteiger partial charge on any atom is -0.507 e. The smallest absolute Gasteiger partial charge is 0.259 e. The van der Waals surface area contributed by atoms with Crippen LogP contribution in [0.3, 0.4) is 0 Å². The molecule has 2 aromatic carbocycles. The van der Waals surface area contributed by atoms with E-state index in [1.807, 2.05) is 0 Å². The fourth-order valence-electron chi connectivity index (χ4n) is 3.07. The monoisotopic (exact) mass is 370 g/mol. The Morgan fingerprint density at radius 2 is 1.93 bits per heavy atom. The van der Waals surface area contributed by atoms with Crippen molar-refractivity contribution < 1.29 is 24.2 Å². The van der Waals surface area contributed by atoms with E-state index in [0.717, 1.165) is 12.8 Å². The quantitative estimate of drug-likeness (QED) is 0.844. The molecule has 0 radical (unpaired) electrons. The average molecular weight is 370 g/mol. The normalized spacial score (nSPS) is 14.0. The van der Waals surface area contributed by atoms with E-state index in [-0.39, 0.29) is 17.2 Å². The first-order valence-electron chi connectivity index (χ1n) is 8.70. The topological polar surface area (TPSA) is 88.1 Å². The molecule has 142 valence electrons. The summed E-state index contributed by atoms with van der Waals surface area (Å²) in [6.45, 7) is 0.617. The molecule has 0 saturated carbocycles. The molecule has 3 rings (SSSR count). The molecular formula is C20H22N2O5. The number of phenolic OH excluding ortho intramolecular Hbond substituents is 1. The number of phenols is 1. The van der Waals surface area contributed by atoms with Gasteiger partial charge >= 0.3 is 0 Å². The maximum atomic E-state index is 12.5. The van der Waals surface area contributed by atoms with Crippen molar-refractivity contribution in [1.82, 2.24) is 0 Å². The Hall–Kier alpha value is -3.22. The number of nitrogens with zero attached hydrogens (tertiary/aromatic N) is 1. The summed E-state index contributed by atoms with van der Waals surface area (Å²) < 4.78 is 10.4. The lowest BCUT2D eigenvalue weighted by atomic mass is 10.1. The van der Waals surface area contributed by atoms with Crippen molar-refractivity contribution in [2.24, 2.45) is 0 Å². The first-order valence-corrected chi connectivity index (χ1v) is 8.70. The van der Waals surface area contributed by atoms with Crippen molar-refractivity contribution in [3.8, 4) is 17.2 Å². The Morgan fingerprint density at radius 3 is 2.59 bits per heavy atom. The Kier molecular flexibility index (Phi) is 5.49. The number of benzene rings is 2. The van der Waals surface area contributed by atoms with Gasteiger partial charge in [0.05, 0.1) is 25.5 Å². The van der Waals surface area contributed by atoms with Crippen LogP contribution in [0.5, 0.6) is 17.2 Å². The molecule has 2 aromatic rings. The Labute approximate surface area is 157 Å². The third-order valence-electron chi connectivity index (χ3n) is 4.50. The van der Waals surface area contributed by atoms with Gasteiger partial charge < -0.3 is 24.8 Å². The van der Waals surface area contributed by atoms with Crippen molar-refractivity contribution in [3.63, 3.8) is 0 Å². The molecule has 0 spiro atoms. The van der Waals surface area contributed by atoms with Crippen molar-refractivity contribution in [2.75, 3.05) is 31.0 Å². The zero-order valence-electron chi connectivity index (χ0n) is 15.3. The molecule has 7 heteroatoms. The summed E-state index contributed by atoms with van der Waals surface area (Å²) in [5.41, 5.74) is 1.26. The van der Waals surface area contributed by atoms with Gasteiger partial charge in [0.25, 0.3) is 5.91 Å². The molecule has 27 heavy (non-hydrogen) atoms. The number of methoxy groups -OCH3 is 2. The predicted molar refractivity (Wildman–Crippen MR) is 102 cm³/mol. The fourth-order valence-corrected chi connectivity index (χ4v) is 3.07. The number of nitrogens with one attached hydrogen (secondary N) is 1. The Morgan fingerprint density at radius 1 is 1.11 bits per heavy atom. The molecule has 0 bridgehead atoms. The molecule has 2 amide bonds. The van der Waals surface area contributed by atoms with Crippen LogP contribution in [0.25, 0.3) is 0 Å². The average Bonchev–Trinajstić information content (AvgIpc) is 2.68. The third kappa shape index (κ3) is 3.97. The molecule has 0 unspecified atom stereocenters. The zero-order chi connectivity index (χ0) is 19.4. The van der Waals surface area contributed by atoms with Crippen LogP contribution >= 0.6 is 0 Å². The predicted octanol–water partition coefficient (Wildman–Crippen LogP) is 3.18. The van der Waals surface area contributed by atoms with Crippen molar-refractivity contribution in [1.29, 1.82) is 0 Å². The SMILES string of the molecule is COc1ccc(C(=O)Nc2ccc(OC)c(N3CCCCC3=O)c2)c(O)c1. The van der Waals surface area contributed by atoms with Crippen LogP contribution in [0.1, 0.15) is 29.6 Å². The summed E-state index contributed by atoms with van der Waals surface area (Å²) in [4.78, 5) is 26.5.